The number of halogens is 2. The molecule has 0 spiro atoms. The summed E-state index contributed by atoms with van der Waals surface area (Å²) in [4.78, 5) is 16.1. The zero-order valence-corrected chi connectivity index (χ0v) is 13.1. The zero-order chi connectivity index (χ0) is 15.9. The average molecular weight is 334 g/mol. The number of amides is 1. The van der Waals surface area contributed by atoms with Crippen LogP contribution in [0, 0.1) is 11.3 Å². The Kier molecular flexibility index (Phi) is 5.76. The number of nitrogens with one attached hydrogen (secondary N) is 1. The summed E-state index contributed by atoms with van der Waals surface area (Å²) in [5.74, 6) is -0.242. The van der Waals surface area contributed by atoms with Gasteiger partial charge in [-0.15, -0.1) is 0 Å². The Morgan fingerprint density at radius 2 is 2.09 bits per heavy atom. The van der Waals surface area contributed by atoms with E-state index in [1.54, 1.807) is 24.4 Å². The van der Waals surface area contributed by atoms with E-state index in [1.165, 1.54) is 0 Å². The largest absolute Gasteiger partial charge is 0.337 e. The van der Waals surface area contributed by atoms with E-state index in [0.29, 0.717) is 17.0 Å². The number of nitrogens with zero attached hydrogens (tertiary/aromatic N) is 2. The lowest BCUT2D eigenvalue weighted by atomic mass is 10.1. The number of benzene rings is 1. The molecule has 1 heterocycles. The van der Waals surface area contributed by atoms with Crippen LogP contribution in [-0.4, -0.2) is 10.9 Å². The second-order valence-corrected chi connectivity index (χ2v) is 5.38. The average Bonchev–Trinajstić information content (AvgIpc) is 2.54. The molecule has 0 fully saturated rings. The van der Waals surface area contributed by atoms with Crippen LogP contribution in [0.25, 0.3) is 0 Å². The molecule has 2 rings (SSSR count). The molecule has 0 aliphatic heterocycles. The Bertz CT molecular complexity index is 698. The molecule has 0 radical (unpaired) electrons. The molecular formula is C16H13Cl2N3O. The van der Waals surface area contributed by atoms with Crippen molar-refractivity contribution < 1.29 is 4.79 Å². The van der Waals surface area contributed by atoms with Crippen LogP contribution in [0.1, 0.15) is 23.7 Å². The molecule has 6 heteroatoms. The maximum Gasteiger partial charge on any atom is 0.221 e. The molecule has 1 amide bonds. The minimum absolute atomic E-state index is 0.242. The number of pyridine rings is 1. The van der Waals surface area contributed by atoms with Crippen molar-refractivity contribution >= 4 is 29.1 Å². The fourth-order valence-corrected chi connectivity index (χ4v) is 2.36. The summed E-state index contributed by atoms with van der Waals surface area (Å²) in [5.41, 5.74) is 1.31. The molecule has 1 aromatic heterocycles. The Morgan fingerprint density at radius 3 is 2.77 bits per heavy atom. The highest BCUT2D eigenvalue weighted by molar-refractivity contribution is 6.42. The number of aryl methyl sites for hydroxylation is 1. The van der Waals surface area contributed by atoms with Gasteiger partial charge >= 0.3 is 0 Å². The molecule has 1 unspecified atom stereocenters. The van der Waals surface area contributed by atoms with Crippen LogP contribution < -0.4 is 5.32 Å². The van der Waals surface area contributed by atoms with Gasteiger partial charge in [-0.1, -0.05) is 41.4 Å². The first-order chi connectivity index (χ1) is 10.6. The molecule has 22 heavy (non-hydrogen) atoms. The summed E-state index contributed by atoms with van der Waals surface area (Å²) in [6.07, 6.45) is 2.43. The van der Waals surface area contributed by atoms with Crippen molar-refractivity contribution in [1.82, 2.24) is 10.3 Å². The summed E-state index contributed by atoms with van der Waals surface area (Å²) >= 11 is 12.0. The van der Waals surface area contributed by atoms with Gasteiger partial charge in [-0.05, 0) is 24.6 Å². The van der Waals surface area contributed by atoms with Gasteiger partial charge in [0.2, 0.25) is 5.91 Å². The van der Waals surface area contributed by atoms with Crippen LogP contribution in [-0.2, 0) is 11.2 Å². The number of aromatic nitrogens is 1. The summed E-state index contributed by atoms with van der Waals surface area (Å²) in [5, 5.41) is 12.5. The Balaban J connectivity index is 2.00. The van der Waals surface area contributed by atoms with E-state index in [1.807, 2.05) is 24.3 Å². The van der Waals surface area contributed by atoms with E-state index in [-0.39, 0.29) is 17.4 Å². The number of carbonyl (C=O) groups excluding carboxylic acids is 1. The summed E-state index contributed by atoms with van der Waals surface area (Å²) in [6.45, 7) is 0. The van der Waals surface area contributed by atoms with E-state index in [2.05, 4.69) is 10.3 Å². The van der Waals surface area contributed by atoms with Gasteiger partial charge in [0, 0.05) is 23.9 Å². The van der Waals surface area contributed by atoms with Crippen molar-refractivity contribution in [2.45, 2.75) is 18.9 Å². The van der Waals surface area contributed by atoms with Gasteiger partial charge in [-0.2, -0.15) is 5.26 Å². The number of hydrogen-bond acceptors (Lipinski definition) is 3. The molecule has 112 valence electrons. The normalized spacial score (nSPS) is 11.5. The number of hydrogen-bond donors (Lipinski definition) is 1. The molecule has 2 aromatic rings. The molecule has 1 N–H and O–H groups in total. The van der Waals surface area contributed by atoms with Crippen molar-refractivity contribution in [2.24, 2.45) is 0 Å². The third-order valence-electron chi connectivity index (χ3n) is 3.06. The van der Waals surface area contributed by atoms with Gasteiger partial charge in [0.1, 0.15) is 6.04 Å². The third-order valence-corrected chi connectivity index (χ3v) is 3.89. The second kappa shape index (κ2) is 7.79. The molecular weight excluding hydrogens is 321 g/mol. The topological polar surface area (TPSA) is 65.8 Å². The smallest absolute Gasteiger partial charge is 0.221 e. The maximum absolute atomic E-state index is 12.0. The zero-order valence-electron chi connectivity index (χ0n) is 11.6. The predicted octanol–water partition coefficient (Wildman–Crippen LogP) is 3.70. The summed E-state index contributed by atoms with van der Waals surface area (Å²) < 4.78 is 0. The molecule has 0 aliphatic carbocycles. The number of nitriles is 1. The predicted molar refractivity (Wildman–Crippen MR) is 85.5 cm³/mol. The lowest BCUT2D eigenvalue weighted by Gasteiger charge is -2.14. The van der Waals surface area contributed by atoms with Gasteiger partial charge in [-0.25, -0.2) is 0 Å². The maximum atomic E-state index is 12.0. The van der Waals surface area contributed by atoms with Crippen molar-refractivity contribution in [3.63, 3.8) is 0 Å². The van der Waals surface area contributed by atoms with Crippen molar-refractivity contribution in [2.75, 3.05) is 0 Å². The lowest BCUT2D eigenvalue weighted by molar-refractivity contribution is -0.121. The molecule has 1 aromatic carbocycles. The molecule has 4 nitrogen and oxygen atoms in total. The Morgan fingerprint density at radius 1 is 1.27 bits per heavy atom. The number of carbonyl (C=O) groups is 1. The highest BCUT2D eigenvalue weighted by atomic mass is 35.5. The highest BCUT2D eigenvalue weighted by Crippen LogP contribution is 2.29. The van der Waals surface area contributed by atoms with Gasteiger partial charge in [0.25, 0.3) is 0 Å². The van der Waals surface area contributed by atoms with E-state index in [9.17, 15) is 10.1 Å². The first kappa shape index (κ1) is 16.3. The quantitative estimate of drug-likeness (QED) is 0.907. The van der Waals surface area contributed by atoms with Crippen LogP contribution in [0.5, 0.6) is 0 Å². The summed E-state index contributed by atoms with van der Waals surface area (Å²) in [6, 6.07) is 11.7. The monoisotopic (exact) mass is 333 g/mol. The lowest BCUT2D eigenvalue weighted by Crippen LogP contribution is -2.28. The van der Waals surface area contributed by atoms with Gasteiger partial charge < -0.3 is 5.32 Å². The van der Waals surface area contributed by atoms with E-state index >= 15 is 0 Å². The fraction of sp³-hybridized carbons (Fsp3) is 0.188. The molecule has 0 bridgehead atoms. The van der Waals surface area contributed by atoms with Crippen LogP contribution in [0.3, 0.4) is 0 Å². The second-order valence-electron chi connectivity index (χ2n) is 4.59. The standard InChI is InChI=1S/C16H13Cl2N3O/c17-13-6-3-5-12(16(13)18)14(10-19)21-15(22)8-7-11-4-1-2-9-20-11/h1-6,9,14H,7-8H2,(H,21,22). The van der Waals surface area contributed by atoms with Crippen molar-refractivity contribution in [3.05, 3.63) is 63.9 Å². The minimum atomic E-state index is -0.831. The van der Waals surface area contributed by atoms with E-state index in [0.717, 1.165) is 5.69 Å². The SMILES string of the molecule is N#CC(NC(=O)CCc1ccccn1)c1cccc(Cl)c1Cl. The van der Waals surface area contributed by atoms with Crippen LogP contribution in [0.15, 0.2) is 42.6 Å². The van der Waals surface area contributed by atoms with Gasteiger partial charge in [0.05, 0.1) is 16.1 Å². The first-order valence-electron chi connectivity index (χ1n) is 6.64. The minimum Gasteiger partial charge on any atom is -0.337 e. The van der Waals surface area contributed by atoms with Gasteiger partial charge in [-0.3, -0.25) is 9.78 Å². The molecule has 1 atom stereocenters. The van der Waals surface area contributed by atoms with Crippen LogP contribution >= 0.6 is 23.2 Å². The van der Waals surface area contributed by atoms with Gasteiger partial charge in [0.15, 0.2) is 0 Å². The van der Waals surface area contributed by atoms with E-state index in [4.69, 9.17) is 23.2 Å². The number of rotatable bonds is 5. The highest BCUT2D eigenvalue weighted by Gasteiger charge is 2.18. The Labute approximate surface area is 138 Å². The molecule has 0 saturated carbocycles. The fourth-order valence-electron chi connectivity index (χ4n) is 1.94. The van der Waals surface area contributed by atoms with Crippen LogP contribution in [0.2, 0.25) is 10.0 Å². The van der Waals surface area contributed by atoms with Crippen molar-refractivity contribution in [1.29, 1.82) is 5.26 Å². The molecule has 0 aliphatic rings. The van der Waals surface area contributed by atoms with Crippen LogP contribution in [0.4, 0.5) is 0 Å². The Hall–Kier alpha value is -2.09. The molecule has 0 saturated heterocycles. The van der Waals surface area contributed by atoms with E-state index < -0.39 is 6.04 Å². The summed E-state index contributed by atoms with van der Waals surface area (Å²) in [7, 11) is 0. The third kappa shape index (κ3) is 4.20. The first-order valence-corrected chi connectivity index (χ1v) is 7.40. The van der Waals surface area contributed by atoms with Crippen molar-refractivity contribution in [3.8, 4) is 6.07 Å².